The predicted molar refractivity (Wildman–Crippen MR) is 99.4 cm³/mol. The lowest BCUT2D eigenvalue weighted by Crippen LogP contribution is -2.52. The van der Waals surface area contributed by atoms with Crippen LogP contribution in [-0.4, -0.2) is 40.6 Å². The maximum Gasteiger partial charge on any atom is 0.290 e. The van der Waals surface area contributed by atoms with Gasteiger partial charge in [-0.15, -0.1) is 0 Å². The van der Waals surface area contributed by atoms with Gasteiger partial charge < -0.3 is 10.2 Å². The molecule has 6 nitrogen and oxygen atoms in total. The Hall–Kier alpha value is -2.73. The van der Waals surface area contributed by atoms with Crippen molar-refractivity contribution in [3.8, 4) is 0 Å². The van der Waals surface area contributed by atoms with Crippen molar-refractivity contribution in [2.75, 3.05) is 13.1 Å². The summed E-state index contributed by atoms with van der Waals surface area (Å²) >= 11 is 5.79. The summed E-state index contributed by atoms with van der Waals surface area (Å²) < 4.78 is 0. The summed E-state index contributed by atoms with van der Waals surface area (Å²) in [6.07, 6.45) is 2.60. The molecular formula is C20H18ClN3O3. The Balaban J connectivity index is 1.42. The molecule has 1 N–H and O–H groups in total. The van der Waals surface area contributed by atoms with Crippen LogP contribution in [0.1, 0.15) is 34.5 Å². The number of Topliss-reactive ketones (excluding diaryl/α,β-unsaturated/α-hetero) is 1. The van der Waals surface area contributed by atoms with Crippen molar-refractivity contribution in [1.29, 1.82) is 0 Å². The second-order valence-electron chi connectivity index (χ2n) is 6.94. The van der Waals surface area contributed by atoms with Crippen LogP contribution >= 0.6 is 11.6 Å². The number of benzene rings is 1. The number of amides is 2. The Morgan fingerprint density at radius 3 is 2.59 bits per heavy atom. The largest absolute Gasteiger partial charge is 0.342 e. The molecule has 1 saturated heterocycles. The Labute approximate surface area is 161 Å². The number of ketones is 1. The molecule has 1 aromatic heterocycles. The minimum atomic E-state index is -0.501. The lowest BCUT2D eigenvalue weighted by atomic mass is 9.81. The van der Waals surface area contributed by atoms with E-state index in [0.29, 0.717) is 42.2 Å². The number of nitrogens with zero attached hydrogens (tertiary/aromatic N) is 2. The molecular weight excluding hydrogens is 366 g/mol. The van der Waals surface area contributed by atoms with Crippen LogP contribution in [-0.2, 0) is 21.5 Å². The number of halogens is 1. The molecule has 2 aromatic rings. The van der Waals surface area contributed by atoms with Gasteiger partial charge in [-0.1, -0.05) is 29.8 Å². The molecule has 3 heterocycles. The maximum absolute atomic E-state index is 12.5. The van der Waals surface area contributed by atoms with Gasteiger partial charge in [0.05, 0.1) is 17.0 Å². The molecule has 2 aliphatic heterocycles. The van der Waals surface area contributed by atoms with E-state index in [-0.39, 0.29) is 12.3 Å². The van der Waals surface area contributed by atoms with Crippen LogP contribution in [0, 0.1) is 0 Å². The van der Waals surface area contributed by atoms with E-state index in [4.69, 9.17) is 11.6 Å². The highest BCUT2D eigenvalue weighted by molar-refractivity contribution is 6.36. The second-order valence-corrected chi connectivity index (χ2v) is 7.38. The average Bonchev–Trinajstić information content (AvgIpc) is 2.96. The monoisotopic (exact) mass is 383 g/mol. The van der Waals surface area contributed by atoms with Crippen molar-refractivity contribution in [1.82, 2.24) is 15.2 Å². The van der Waals surface area contributed by atoms with Crippen LogP contribution in [0.15, 0.2) is 42.6 Å². The fourth-order valence-electron chi connectivity index (χ4n) is 3.86. The number of hydrogen-bond donors (Lipinski definition) is 1. The minimum absolute atomic E-state index is 0.0444. The van der Waals surface area contributed by atoms with Crippen molar-refractivity contribution < 1.29 is 14.4 Å². The average molecular weight is 384 g/mol. The first-order valence-corrected chi connectivity index (χ1v) is 9.21. The SMILES string of the molecule is O=C(Cc1ccc(Cl)cn1)C(=O)N1CCC2(CC1)NC(=O)c1ccccc12. The van der Waals surface area contributed by atoms with Gasteiger partial charge in [0.2, 0.25) is 5.78 Å². The number of carbonyl (C=O) groups is 3. The maximum atomic E-state index is 12.5. The molecule has 0 atom stereocenters. The first-order chi connectivity index (χ1) is 13.0. The van der Waals surface area contributed by atoms with Gasteiger partial charge in [0.15, 0.2) is 0 Å². The van der Waals surface area contributed by atoms with Gasteiger partial charge in [0.25, 0.3) is 11.8 Å². The number of carbonyl (C=O) groups excluding carboxylic acids is 3. The number of hydrogen-bond acceptors (Lipinski definition) is 4. The van der Waals surface area contributed by atoms with Gasteiger partial charge in [-0.2, -0.15) is 0 Å². The zero-order valence-electron chi connectivity index (χ0n) is 14.6. The van der Waals surface area contributed by atoms with Crippen molar-refractivity contribution >= 4 is 29.2 Å². The van der Waals surface area contributed by atoms with Crippen molar-refractivity contribution in [3.05, 3.63) is 64.4 Å². The van der Waals surface area contributed by atoms with Crippen LogP contribution < -0.4 is 5.32 Å². The third-order valence-electron chi connectivity index (χ3n) is 5.31. The summed E-state index contributed by atoms with van der Waals surface area (Å²) in [7, 11) is 0. The molecule has 2 amide bonds. The van der Waals surface area contributed by atoms with Gasteiger partial charge in [-0.3, -0.25) is 19.4 Å². The lowest BCUT2D eigenvalue weighted by molar-refractivity contribution is -0.145. The molecule has 1 fully saturated rings. The summed E-state index contributed by atoms with van der Waals surface area (Å²) in [5.74, 6) is -1.06. The normalized spacial score (nSPS) is 17.5. The Morgan fingerprint density at radius 1 is 1.15 bits per heavy atom. The number of rotatable bonds is 3. The molecule has 0 radical (unpaired) electrons. The fourth-order valence-corrected chi connectivity index (χ4v) is 3.98. The lowest BCUT2D eigenvalue weighted by Gasteiger charge is -2.39. The molecule has 7 heteroatoms. The van der Waals surface area contributed by atoms with Crippen LogP contribution in [0.2, 0.25) is 5.02 Å². The summed E-state index contributed by atoms with van der Waals surface area (Å²) in [4.78, 5) is 42.7. The second kappa shape index (κ2) is 6.78. The zero-order valence-corrected chi connectivity index (χ0v) is 15.3. The van der Waals surface area contributed by atoms with Gasteiger partial charge in [0.1, 0.15) is 0 Å². The van der Waals surface area contributed by atoms with Gasteiger partial charge in [-0.05, 0) is 36.6 Å². The van der Waals surface area contributed by atoms with Crippen molar-refractivity contribution in [2.45, 2.75) is 24.8 Å². The zero-order chi connectivity index (χ0) is 19.0. The van der Waals surface area contributed by atoms with E-state index in [1.54, 1.807) is 17.0 Å². The molecule has 0 aliphatic carbocycles. The molecule has 2 aliphatic rings. The van der Waals surface area contributed by atoms with E-state index in [1.807, 2.05) is 24.3 Å². The number of likely N-dealkylation sites (tertiary alicyclic amines) is 1. The molecule has 4 rings (SSSR count). The third-order valence-corrected chi connectivity index (χ3v) is 5.54. The number of piperidine rings is 1. The van der Waals surface area contributed by atoms with E-state index in [1.165, 1.54) is 6.20 Å². The Morgan fingerprint density at radius 2 is 1.89 bits per heavy atom. The Bertz CT molecular complexity index is 918. The van der Waals surface area contributed by atoms with E-state index in [2.05, 4.69) is 10.3 Å². The molecule has 0 saturated carbocycles. The van der Waals surface area contributed by atoms with Gasteiger partial charge in [0, 0.05) is 30.5 Å². The molecule has 1 spiro atoms. The molecule has 1 aromatic carbocycles. The molecule has 0 unspecified atom stereocenters. The van der Waals surface area contributed by atoms with E-state index in [0.717, 1.165) is 5.56 Å². The summed E-state index contributed by atoms with van der Waals surface area (Å²) in [5, 5.41) is 3.57. The van der Waals surface area contributed by atoms with Gasteiger partial charge >= 0.3 is 0 Å². The van der Waals surface area contributed by atoms with Crippen molar-refractivity contribution in [2.24, 2.45) is 0 Å². The standard InChI is InChI=1S/C20H18ClN3O3/c21-13-5-6-14(22-12-13)11-17(25)19(27)24-9-7-20(8-10-24)16-4-2-1-3-15(16)18(26)23-20/h1-6,12H,7-11H2,(H,23,26). The number of nitrogens with one attached hydrogen (secondary N) is 1. The third kappa shape index (κ3) is 3.21. The number of aromatic nitrogens is 1. The fraction of sp³-hybridized carbons (Fsp3) is 0.300. The summed E-state index contributed by atoms with van der Waals surface area (Å²) in [6, 6.07) is 10.8. The topological polar surface area (TPSA) is 79.4 Å². The van der Waals surface area contributed by atoms with E-state index >= 15 is 0 Å². The predicted octanol–water partition coefficient (Wildman–Crippen LogP) is 2.11. The van der Waals surface area contributed by atoms with E-state index in [9.17, 15) is 14.4 Å². The van der Waals surface area contributed by atoms with Crippen LogP contribution in [0.3, 0.4) is 0 Å². The van der Waals surface area contributed by atoms with Crippen LogP contribution in [0.5, 0.6) is 0 Å². The highest BCUT2D eigenvalue weighted by atomic mass is 35.5. The van der Waals surface area contributed by atoms with Crippen molar-refractivity contribution in [3.63, 3.8) is 0 Å². The summed E-state index contributed by atoms with van der Waals surface area (Å²) in [6.45, 7) is 0.848. The van der Waals surface area contributed by atoms with E-state index < -0.39 is 17.2 Å². The smallest absolute Gasteiger partial charge is 0.290 e. The summed E-state index contributed by atoms with van der Waals surface area (Å²) in [5.41, 5.74) is 1.76. The molecule has 27 heavy (non-hydrogen) atoms. The molecule has 138 valence electrons. The quantitative estimate of drug-likeness (QED) is 0.823. The number of pyridine rings is 1. The van der Waals surface area contributed by atoms with Gasteiger partial charge in [-0.25, -0.2) is 0 Å². The first-order valence-electron chi connectivity index (χ1n) is 8.83. The first kappa shape index (κ1) is 17.7. The number of fused-ring (bicyclic) bond motifs is 2. The minimum Gasteiger partial charge on any atom is -0.342 e. The molecule has 0 bridgehead atoms. The highest BCUT2D eigenvalue weighted by Gasteiger charge is 2.45. The van der Waals surface area contributed by atoms with Crippen LogP contribution in [0.4, 0.5) is 0 Å². The highest BCUT2D eigenvalue weighted by Crippen LogP contribution is 2.39. The Kier molecular flexibility index (Phi) is 4.44. The van der Waals surface area contributed by atoms with Crippen LogP contribution in [0.25, 0.3) is 0 Å².